The summed E-state index contributed by atoms with van der Waals surface area (Å²) in [4.78, 5) is 7.65. The first-order valence-electron chi connectivity index (χ1n) is 6.63. The van der Waals surface area contributed by atoms with Crippen LogP contribution in [0.2, 0.25) is 0 Å². The monoisotopic (exact) mass is 291 g/mol. The van der Waals surface area contributed by atoms with Crippen LogP contribution in [0.5, 0.6) is 0 Å². The summed E-state index contributed by atoms with van der Waals surface area (Å²) < 4.78 is 26.7. The number of aromatic nitrogens is 2. The zero-order valence-electron chi connectivity index (χ0n) is 11.3. The van der Waals surface area contributed by atoms with Gasteiger partial charge in [-0.25, -0.2) is 13.4 Å². The van der Waals surface area contributed by atoms with E-state index >= 15 is 0 Å². The topological polar surface area (TPSA) is 66.1 Å². The third-order valence-corrected chi connectivity index (χ3v) is 5.60. The number of aryl methyl sites for hydroxylation is 1. The van der Waals surface area contributed by atoms with Gasteiger partial charge in [-0.05, 0) is 25.5 Å². The molecule has 1 atom stereocenters. The highest BCUT2D eigenvalue weighted by Crippen LogP contribution is 2.29. The number of imidazole rings is 1. The van der Waals surface area contributed by atoms with E-state index in [2.05, 4.69) is 9.97 Å². The highest BCUT2D eigenvalue weighted by molar-refractivity contribution is 7.89. The first kappa shape index (κ1) is 13.3. The third-order valence-electron chi connectivity index (χ3n) is 3.72. The van der Waals surface area contributed by atoms with Crippen LogP contribution in [-0.4, -0.2) is 35.8 Å². The summed E-state index contributed by atoms with van der Waals surface area (Å²) in [7, 11) is -3.39. The van der Waals surface area contributed by atoms with Gasteiger partial charge in [0.1, 0.15) is 5.82 Å². The number of nitrogens with one attached hydrogen (secondary N) is 1. The highest BCUT2D eigenvalue weighted by Gasteiger charge is 2.34. The Balaban J connectivity index is 1.81. The molecule has 0 spiro atoms. The number of aromatic amines is 1. The molecule has 2 heterocycles. The number of H-pyrrole nitrogens is 1. The zero-order chi connectivity index (χ0) is 14.2. The average molecular weight is 291 g/mol. The fraction of sp³-hybridized carbons (Fsp3) is 0.357. The van der Waals surface area contributed by atoms with E-state index in [4.69, 9.17) is 0 Å². The molecule has 1 aliphatic heterocycles. The van der Waals surface area contributed by atoms with Crippen molar-refractivity contribution in [2.24, 2.45) is 0 Å². The largest absolute Gasteiger partial charge is 0.348 e. The normalized spacial score (nSPS) is 20.4. The van der Waals surface area contributed by atoms with Gasteiger partial charge in [-0.3, -0.25) is 0 Å². The van der Waals surface area contributed by atoms with Crippen LogP contribution in [0.4, 0.5) is 0 Å². The molecule has 1 aromatic carbocycles. The number of hydrogen-bond acceptors (Lipinski definition) is 3. The first-order chi connectivity index (χ1) is 9.57. The summed E-state index contributed by atoms with van der Waals surface area (Å²) in [6.45, 7) is 2.98. The Morgan fingerprint density at radius 3 is 2.70 bits per heavy atom. The Morgan fingerprint density at radius 1 is 1.30 bits per heavy atom. The lowest BCUT2D eigenvalue weighted by Crippen LogP contribution is -2.28. The van der Waals surface area contributed by atoms with E-state index in [1.165, 1.54) is 0 Å². The molecule has 0 radical (unpaired) electrons. The molecule has 1 N–H and O–H groups in total. The van der Waals surface area contributed by atoms with E-state index in [9.17, 15) is 8.42 Å². The average Bonchev–Trinajstić information content (AvgIpc) is 3.10. The molecule has 20 heavy (non-hydrogen) atoms. The van der Waals surface area contributed by atoms with E-state index < -0.39 is 10.0 Å². The summed E-state index contributed by atoms with van der Waals surface area (Å²) in [6, 6.07) is 7.00. The summed E-state index contributed by atoms with van der Waals surface area (Å²) in [5, 5.41) is 0. The Bertz CT molecular complexity index is 678. The van der Waals surface area contributed by atoms with Crippen molar-refractivity contribution < 1.29 is 8.42 Å². The molecule has 0 bridgehead atoms. The Hall–Kier alpha value is -1.66. The highest BCUT2D eigenvalue weighted by atomic mass is 32.2. The minimum Gasteiger partial charge on any atom is -0.348 e. The molecule has 0 amide bonds. The second-order valence-corrected chi connectivity index (χ2v) is 7.07. The summed E-state index contributed by atoms with van der Waals surface area (Å²) in [6.07, 6.45) is 4.28. The lowest BCUT2D eigenvalue weighted by atomic mass is 10.1. The maximum Gasteiger partial charge on any atom is 0.243 e. The quantitative estimate of drug-likeness (QED) is 0.939. The van der Waals surface area contributed by atoms with Crippen LogP contribution in [-0.2, 0) is 10.0 Å². The SMILES string of the molecule is Cc1ccc(S(=O)(=O)N2CCC(c3ncc[nH]3)C2)cc1. The number of nitrogens with zero attached hydrogens (tertiary/aromatic N) is 2. The van der Waals surface area contributed by atoms with Crippen LogP contribution in [0.25, 0.3) is 0 Å². The smallest absolute Gasteiger partial charge is 0.243 e. The van der Waals surface area contributed by atoms with Crippen LogP contribution in [0.3, 0.4) is 0 Å². The molecule has 1 unspecified atom stereocenters. The van der Waals surface area contributed by atoms with Gasteiger partial charge in [0.05, 0.1) is 4.90 Å². The Morgan fingerprint density at radius 2 is 2.05 bits per heavy atom. The number of sulfonamides is 1. The fourth-order valence-corrected chi connectivity index (χ4v) is 4.03. The molecule has 5 nitrogen and oxygen atoms in total. The van der Waals surface area contributed by atoms with Crippen LogP contribution in [0.15, 0.2) is 41.6 Å². The van der Waals surface area contributed by atoms with Gasteiger partial charge >= 0.3 is 0 Å². The number of rotatable bonds is 3. The molecule has 2 aromatic rings. The van der Waals surface area contributed by atoms with E-state index in [-0.39, 0.29) is 5.92 Å². The van der Waals surface area contributed by atoms with Crippen LogP contribution in [0, 0.1) is 6.92 Å². The van der Waals surface area contributed by atoms with E-state index in [1.807, 2.05) is 19.1 Å². The second kappa shape index (κ2) is 5.03. The Kier molecular flexibility index (Phi) is 3.35. The molecule has 1 aromatic heterocycles. The van der Waals surface area contributed by atoms with Crippen LogP contribution >= 0.6 is 0 Å². The van der Waals surface area contributed by atoms with Crippen molar-refractivity contribution >= 4 is 10.0 Å². The molecule has 106 valence electrons. The minimum atomic E-state index is -3.39. The molecule has 6 heteroatoms. The summed E-state index contributed by atoms with van der Waals surface area (Å²) in [5.74, 6) is 1.02. The van der Waals surface area contributed by atoms with E-state index in [0.29, 0.717) is 18.0 Å². The Labute approximate surface area is 118 Å². The number of benzene rings is 1. The van der Waals surface area contributed by atoms with Crippen LogP contribution in [0.1, 0.15) is 23.7 Å². The van der Waals surface area contributed by atoms with Gasteiger partial charge in [0.2, 0.25) is 10.0 Å². The summed E-state index contributed by atoms with van der Waals surface area (Å²) in [5.41, 5.74) is 1.05. The minimum absolute atomic E-state index is 0.158. The van der Waals surface area contributed by atoms with Crippen molar-refractivity contribution in [1.82, 2.24) is 14.3 Å². The standard InChI is InChI=1S/C14H17N3O2S/c1-11-2-4-13(5-3-11)20(18,19)17-9-6-12(10-17)14-15-7-8-16-14/h2-5,7-8,12H,6,9-10H2,1H3,(H,15,16). The van der Waals surface area contributed by atoms with Crippen LogP contribution < -0.4 is 0 Å². The summed E-state index contributed by atoms with van der Waals surface area (Å²) >= 11 is 0. The van der Waals surface area contributed by atoms with Gasteiger partial charge in [-0.15, -0.1) is 0 Å². The molecule has 1 fully saturated rings. The molecule has 1 aliphatic rings. The van der Waals surface area contributed by atoms with Gasteiger partial charge in [-0.2, -0.15) is 4.31 Å². The van der Waals surface area contributed by atoms with Crippen molar-refractivity contribution in [1.29, 1.82) is 0 Å². The van der Waals surface area contributed by atoms with Crippen molar-refractivity contribution in [2.45, 2.75) is 24.2 Å². The van der Waals surface area contributed by atoms with Crippen molar-refractivity contribution in [3.05, 3.63) is 48.0 Å². The van der Waals surface area contributed by atoms with Gasteiger partial charge in [0.25, 0.3) is 0 Å². The predicted octanol–water partition coefficient (Wildman–Crippen LogP) is 1.90. The maximum absolute atomic E-state index is 12.6. The van der Waals surface area contributed by atoms with Crippen molar-refractivity contribution in [2.75, 3.05) is 13.1 Å². The molecule has 0 saturated carbocycles. The predicted molar refractivity (Wildman–Crippen MR) is 75.9 cm³/mol. The first-order valence-corrected chi connectivity index (χ1v) is 8.07. The van der Waals surface area contributed by atoms with E-state index in [1.54, 1.807) is 28.8 Å². The molecule has 0 aliphatic carbocycles. The zero-order valence-corrected chi connectivity index (χ0v) is 12.1. The fourth-order valence-electron chi connectivity index (χ4n) is 2.53. The third kappa shape index (κ3) is 2.36. The van der Waals surface area contributed by atoms with Gasteiger partial charge in [0, 0.05) is 31.4 Å². The number of hydrogen-bond donors (Lipinski definition) is 1. The molecular formula is C14H17N3O2S. The van der Waals surface area contributed by atoms with Crippen molar-refractivity contribution in [3.63, 3.8) is 0 Å². The molecule has 1 saturated heterocycles. The second-order valence-electron chi connectivity index (χ2n) is 5.14. The van der Waals surface area contributed by atoms with Gasteiger partial charge < -0.3 is 4.98 Å². The molecular weight excluding hydrogens is 274 g/mol. The van der Waals surface area contributed by atoms with Crippen molar-refractivity contribution in [3.8, 4) is 0 Å². The van der Waals surface area contributed by atoms with E-state index in [0.717, 1.165) is 17.8 Å². The van der Waals surface area contributed by atoms with Gasteiger partial charge in [-0.1, -0.05) is 17.7 Å². The van der Waals surface area contributed by atoms with Gasteiger partial charge in [0.15, 0.2) is 0 Å². The maximum atomic E-state index is 12.6. The lowest BCUT2D eigenvalue weighted by Gasteiger charge is -2.16. The molecule has 3 rings (SSSR count). The lowest BCUT2D eigenvalue weighted by molar-refractivity contribution is 0.471.